The molecule has 0 bridgehead atoms. The van der Waals surface area contributed by atoms with Crippen LogP contribution in [-0.4, -0.2) is 19.7 Å². The molecule has 0 fully saturated rings. The summed E-state index contributed by atoms with van der Waals surface area (Å²) >= 11 is 0. The fourth-order valence-electron chi connectivity index (χ4n) is 1.71. The molecule has 17 heavy (non-hydrogen) atoms. The van der Waals surface area contributed by atoms with E-state index in [1.54, 1.807) is 29.5 Å². The molecule has 0 unspecified atom stereocenters. The predicted molar refractivity (Wildman–Crippen MR) is 64.6 cm³/mol. The second kappa shape index (κ2) is 4.17. The number of rotatable bonds is 2. The Balaban J connectivity index is 2.13. The van der Waals surface area contributed by atoms with Gasteiger partial charge in [0, 0.05) is 18.0 Å². The van der Waals surface area contributed by atoms with Gasteiger partial charge in [-0.05, 0) is 6.07 Å². The quantitative estimate of drug-likeness (QED) is 0.668. The second-order valence-corrected chi connectivity index (χ2v) is 3.56. The van der Waals surface area contributed by atoms with Crippen molar-refractivity contribution < 1.29 is 0 Å². The maximum atomic E-state index is 4.28. The minimum Gasteiger partial charge on any atom is -0.259 e. The first-order valence-corrected chi connectivity index (χ1v) is 5.31. The van der Waals surface area contributed by atoms with E-state index < -0.39 is 0 Å². The van der Waals surface area contributed by atoms with Gasteiger partial charge in [0.25, 0.3) is 0 Å². The molecular weight excluding hydrogens is 212 g/mol. The fourth-order valence-corrected chi connectivity index (χ4v) is 1.71. The normalized spacial score (nSPS) is 10.4. The smallest absolute Gasteiger partial charge is 0.172 e. The Labute approximate surface area is 98.6 Å². The zero-order valence-electron chi connectivity index (χ0n) is 9.06. The average Bonchev–Trinajstić information content (AvgIpc) is 2.90. The highest BCUT2D eigenvalue weighted by Crippen LogP contribution is 2.20. The molecule has 3 rings (SSSR count). The lowest BCUT2D eigenvalue weighted by atomic mass is 10.1. The number of hydrogen-bond acceptors (Lipinski definition) is 3. The van der Waals surface area contributed by atoms with Crippen molar-refractivity contribution in [2.75, 3.05) is 0 Å². The molecule has 2 aromatic heterocycles. The molecule has 0 spiro atoms. The van der Waals surface area contributed by atoms with E-state index in [-0.39, 0.29) is 0 Å². The van der Waals surface area contributed by atoms with Crippen LogP contribution in [0.3, 0.4) is 0 Å². The summed E-state index contributed by atoms with van der Waals surface area (Å²) < 4.78 is 1.78. The van der Waals surface area contributed by atoms with Gasteiger partial charge in [-0.3, -0.25) is 4.98 Å². The van der Waals surface area contributed by atoms with Gasteiger partial charge in [0.15, 0.2) is 5.82 Å². The summed E-state index contributed by atoms with van der Waals surface area (Å²) in [5.41, 5.74) is 2.11. The van der Waals surface area contributed by atoms with Gasteiger partial charge in [-0.25, -0.2) is 9.67 Å². The van der Waals surface area contributed by atoms with Crippen LogP contribution < -0.4 is 0 Å². The third-order valence-corrected chi connectivity index (χ3v) is 2.48. The van der Waals surface area contributed by atoms with E-state index >= 15 is 0 Å². The first-order chi connectivity index (χ1) is 8.45. The van der Waals surface area contributed by atoms with Gasteiger partial charge < -0.3 is 0 Å². The van der Waals surface area contributed by atoms with Crippen LogP contribution in [0.4, 0.5) is 0 Å². The van der Waals surface area contributed by atoms with E-state index in [0.717, 1.165) is 17.1 Å². The summed E-state index contributed by atoms with van der Waals surface area (Å²) in [6.07, 6.45) is 6.76. The van der Waals surface area contributed by atoms with E-state index in [0.29, 0.717) is 0 Å². The molecule has 0 amide bonds. The first-order valence-electron chi connectivity index (χ1n) is 5.31. The van der Waals surface area contributed by atoms with Gasteiger partial charge in [0.2, 0.25) is 0 Å². The van der Waals surface area contributed by atoms with E-state index in [9.17, 15) is 0 Å². The highest BCUT2D eigenvalue weighted by atomic mass is 15.3. The minimum absolute atomic E-state index is 0.719. The maximum Gasteiger partial charge on any atom is 0.172 e. The summed E-state index contributed by atoms with van der Waals surface area (Å²) in [5, 5.41) is 4.28. The van der Waals surface area contributed by atoms with Crippen LogP contribution in [0, 0.1) is 0 Å². The molecule has 0 saturated carbocycles. The third kappa shape index (κ3) is 1.80. The number of benzene rings is 1. The Hall–Kier alpha value is -2.49. The molecule has 1 aromatic carbocycles. The molecule has 0 N–H and O–H groups in total. The minimum atomic E-state index is 0.719. The number of nitrogens with zero attached hydrogens (tertiary/aromatic N) is 4. The Bertz CT molecular complexity index is 548. The third-order valence-electron chi connectivity index (χ3n) is 2.48. The molecule has 0 radical (unpaired) electrons. The lowest BCUT2D eigenvalue weighted by Gasteiger charge is -2.05. The predicted octanol–water partition coefficient (Wildman–Crippen LogP) is 2.33. The molecule has 3 aromatic rings. The van der Waals surface area contributed by atoms with Crippen molar-refractivity contribution in [2.45, 2.75) is 0 Å². The first kappa shape index (κ1) is 9.72. The van der Waals surface area contributed by atoms with Crippen molar-refractivity contribution in [3.05, 3.63) is 61.2 Å². The molecule has 0 aliphatic heterocycles. The van der Waals surface area contributed by atoms with Crippen LogP contribution in [-0.2, 0) is 0 Å². The molecule has 0 atom stereocenters. The SMILES string of the molecule is c1ccc(-c2ccnn2-c2cnccn2)cc1. The summed E-state index contributed by atoms with van der Waals surface area (Å²) in [5.74, 6) is 0.719. The lowest BCUT2D eigenvalue weighted by Crippen LogP contribution is -2.01. The van der Waals surface area contributed by atoms with Crippen molar-refractivity contribution in [2.24, 2.45) is 0 Å². The van der Waals surface area contributed by atoms with Gasteiger partial charge in [0.1, 0.15) is 0 Å². The summed E-state index contributed by atoms with van der Waals surface area (Å²) in [6.45, 7) is 0. The molecule has 2 heterocycles. The topological polar surface area (TPSA) is 43.6 Å². The Morgan fingerprint density at radius 2 is 1.76 bits per heavy atom. The van der Waals surface area contributed by atoms with Crippen molar-refractivity contribution in [1.29, 1.82) is 0 Å². The largest absolute Gasteiger partial charge is 0.259 e. The molecular formula is C13H10N4. The van der Waals surface area contributed by atoms with E-state index in [4.69, 9.17) is 0 Å². The molecule has 4 nitrogen and oxygen atoms in total. The van der Waals surface area contributed by atoms with Crippen LogP contribution in [0.5, 0.6) is 0 Å². The van der Waals surface area contributed by atoms with Gasteiger partial charge in [-0.15, -0.1) is 0 Å². The molecule has 0 aliphatic rings. The second-order valence-electron chi connectivity index (χ2n) is 3.56. The van der Waals surface area contributed by atoms with Crippen molar-refractivity contribution in [1.82, 2.24) is 19.7 Å². The highest BCUT2D eigenvalue weighted by molar-refractivity contribution is 5.60. The van der Waals surface area contributed by atoms with Gasteiger partial charge >= 0.3 is 0 Å². The van der Waals surface area contributed by atoms with E-state index in [1.165, 1.54) is 0 Å². The Morgan fingerprint density at radius 3 is 2.53 bits per heavy atom. The van der Waals surface area contributed by atoms with Crippen LogP contribution in [0.1, 0.15) is 0 Å². The van der Waals surface area contributed by atoms with Gasteiger partial charge in [0.05, 0.1) is 18.1 Å². The van der Waals surface area contributed by atoms with Crippen LogP contribution in [0.25, 0.3) is 17.1 Å². The molecule has 0 saturated heterocycles. The van der Waals surface area contributed by atoms with Gasteiger partial charge in [-0.2, -0.15) is 5.10 Å². The molecule has 4 heteroatoms. The molecule has 82 valence electrons. The lowest BCUT2D eigenvalue weighted by molar-refractivity contribution is 0.845. The number of aromatic nitrogens is 4. The zero-order chi connectivity index (χ0) is 11.5. The van der Waals surface area contributed by atoms with E-state index in [1.807, 2.05) is 36.4 Å². The van der Waals surface area contributed by atoms with Crippen molar-refractivity contribution >= 4 is 0 Å². The summed E-state index contributed by atoms with van der Waals surface area (Å²) in [4.78, 5) is 8.30. The summed E-state index contributed by atoms with van der Waals surface area (Å²) in [7, 11) is 0. The average molecular weight is 222 g/mol. The molecule has 0 aliphatic carbocycles. The Kier molecular flexibility index (Phi) is 2.38. The monoisotopic (exact) mass is 222 g/mol. The maximum absolute atomic E-state index is 4.28. The van der Waals surface area contributed by atoms with Crippen molar-refractivity contribution in [3.8, 4) is 17.1 Å². The van der Waals surface area contributed by atoms with Crippen LogP contribution in [0.2, 0.25) is 0 Å². The van der Waals surface area contributed by atoms with Crippen molar-refractivity contribution in [3.63, 3.8) is 0 Å². The highest BCUT2D eigenvalue weighted by Gasteiger charge is 2.07. The van der Waals surface area contributed by atoms with Crippen LogP contribution >= 0.6 is 0 Å². The van der Waals surface area contributed by atoms with Gasteiger partial charge in [-0.1, -0.05) is 30.3 Å². The standard InChI is InChI=1S/C13H10N4/c1-2-4-11(5-3-1)12-6-7-16-17(12)13-10-14-8-9-15-13/h1-10H. The fraction of sp³-hybridized carbons (Fsp3) is 0. The Morgan fingerprint density at radius 1 is 0.882 bits per heavy atom. The van der Waals surface area contributed by atoms with E-state index in [2.05, 4.69) is 15.1 Å². The number of hydrogen-bond donors (Lipinski definition) is 0. The zero-order valence-corrected chi connectivity index (χ0v) is 9.06. The van der Waals surface area contributed by atoms with Crippen LogP contribution in [0.15, 0.2) is 61.2 Å². The summed E-state index contributed by atoms with van der Waals surface area (Å²) in [6, 6.07) is 12.1.